The van der Waals surface area contributed by atoms with Crippen molar-refractivity contribution in [1.82, 2.24) is 10.3 Å². The normalized spacial score (nSPS) is 24.1. The van der Waals surface area contributed by atoms with E-state index in [2.05, 4.69) is 71.9 Å². The molecule has 2 atom stereocenters. The van der Waals surface area contributed by atoms with E-state index in [1.165, 1.54) is 5.56 Å². The van der Waals surface area contributed by atoms with Crippen LogP contribution >= 0.6 is 0 Å². The van der Waals surface area contributed by atoms with Crippen LogP contribution < -0.4 is 5.32 Å². The lowest BCUT2D eigenvalue weighted by atomic mass is 9.78. The van der Waals surface area contributed by atoms with E-state index in [-0.39, 0.29) is 5.54 Å². The van der Waals surface area contributed by atoms with E-state index in [1.807, 2.05) is 24.4 Å². The van der Waals surface area contributed by atoms with E-state index in [0.717, 1.165) is 12.2 Å². The minimum atomic E-state index is -0.244. The fourth-order valence-corrected chi connectivity index (χ4v) is 2.82. The van der Waals surface area contributed by atoms with E-state index >= 15 is 0 Å². The molecule has 0 saturated heterocycles. The summed E-state index contributed by atoms with van der Waals surface area (Å²) >= 11 is 0. The highest BCUT2D eigenvalue weighted by atomic mass is 15.0. The monoisotopic (exact) mass is 276 g/mol. The van der Waals surface area contributed by atoms with Gasteiger partial charge in [-0.2, -0.15) is 0 Å². The van der Waals surface area contributed by atoms with Gasteiger partial charge in [-0.25, -0.2) is 0 Å². The summed E-state index contributed by atoms with van der Waals surface area (Å²) in [5, 5.41) is 3.72. The quantitative estimate of drug-likeness (QED) is 0.918. The van der Waals surface area contributed by atoms with Gasteiger partial charge in [0.05, 0.1) is 11.2 Å². The molecule has 3 rings (SSSR count). The van der Waals surface area contributed by atoms with E-state index in [4.69, 9.17) is 0 Å². The summed E-state index contributed by atoms with van der Waals surface area (Å²) in [5.74, 6) is 0.348. The van der Waals surface area contributed by atoms with Crippen LogP contribution in [0.4, 0.5) is 0 Å². The average molecular weight is 276 g/mol. The summed E-state index contributed by atoms with van der Waals surface area (Å²) in [6.45, 7) is 3.05. The molecule has 21 heavy (non-hydrogen) atoms. The molecule has 0 radical (unpaired) electrons. The molecular formula is C19H20N2. The zero-order valence-electron chi connectivity index (χ0n) is 12.2. The fraction of sp³-hybridized carbons (Fsp3) is 0.211. The van der Waals surface area contributed by atoms with Gasteiger partial charge >= 0.3 is 0 Å². The first-order valence-corrected chi connectivity index (χ1v) is 7.38. The second-order valence-electron chi connectivity index (χ2n) is 5.46. The van der Waals surface area contributed by atoms with Crippen molar-refractivity contribution >= 4 is 0 Å². The Labute approximate surface area is 126 Å². The second-order valence-corrected chi connectivity index (χ2v) is 5.46. The summed E-state index contributed by atoms with van der Waals surface area (Å²) in [4.78, 5) is 4.59. The minimum Gasteiger partial charge on any atom is -0.298 e. The van der Waals surface area contributed by atoms with Gasteiger partial charge in [0.15, 0.2) is 0 Å². The molecule has 0 saturated carbocycles. The van der Waals surface area contributed by atoms with Crippen LogP contribution in [-0.4, -0.2) is 4.98 Å². The summed E-state index contributed by atoms with van der Waals surface area (Å²) in [6, 6.07) is 16.6. The van der Waals surface area contributed by atoms with Crippen molar-refractivity contribution in [1.29, 1.82) is 0 Å². The molecule has 2 unspecified atom stereocenters. The van der Waals surface area contributed by atoms with Gasteiger partial charge in [-0.1, -0.05) is 67.6 Å². The zero-order valence-corrected chi connectivity index (χ0v) is 12.2. The Morgan fingerprint density at radius 1 is 1.05 bits per heavy atom. The molecular weight excluding hydrogens is 256 g/mol. The van der Waals surface area contributed by atoms with Crippen molar-refractivity contribution in [3.8, 4) is 0 Å². The Hall–Kier alpha value is -2.19. The van der Waals surface area contributed by atoms with Crippen molar-refractivity contribution in [3.05, 3.63) is 90.3 Å². The largest absolute Gasteiger partial charge is 0.298 e. The van der Waals surface area contributed by atoms with Gasteiger partial charge in [0.1, 0.15) is 0 Å². The molecule has 1 aliphatic carbocycles. The maximum absolute atomic E-state index is 4.59. The molecule has 1 heterocycles. The third-order valence-corrected chi connectivity index (χ3v) is 4.10. The Morgan fingerprint density at radius 3 is 2.57 bits per heavy atom. The standard InChI is InChI=1S/C19H20N2/c1-16-9-5-7-13-19(16,18-12-6-8-14-20-18)21-15-17-10-3-2-4-11-17/h2-14,16,21H,15H2,1H3. The maximum Gasteiger partial charge on any atom is 0.0860 e. The van der Waals surface area contributed by atoms with E-state index in [1.54, 1.807) is 0 Å². The Kier molecular flexibility index (Phi) is 3.98. The van der Waals surface area contributed by atoms with Crippen LogP contribution in [0, 0.1) is 5.92 Å². The third kappa shape index (κ3) is 2.81. The van der Waals surface area contributed by atoms with Crippen LogP contribution in [0.1, 0.15) is 18.2 Å². The van der Waals surface area contributed by atoms with E-state index in [9.17, 15) is 0 Å². The minimum absolute atomic E-state index is 0.244. The molecule has 2 nitrogen and oxygen atoms in total. The fourth-order valence-electron chi connectivity index (χ4n) is 2.82. The van der Waals surface area contributed by atoms with Crippen LogP contribution in [0.3, 0.4) is 0 Å². The van der Waals surface area contributed by atoms with Gasteiger partial charge in [-0.15, -0.1) is 0 Å². The lowest BCUT2D eigenvalue weighted by Crippen LogP contribution is -2.46. The topological polar surface area (TPSA) is 24.9 Å². The highest BCUT2D eigenvalue weighted by Crippen LogP contribution is 2.33. The molecule has 2 aromatic rings. The molecule has 0 aliphatic heterocycles. The maximum atomic E-state index is 4.59. The number of pyridine rings is 1. The van der Waals surface area contributed by atoms with E-state index < -0.39 is 0 Å². The first-order valence-electron chi connectivity index (χ1n) is 7.38. The van der Waals surface area contributed by atoms with Crippen molar-refractivity contribution in [3.63, 3.8) is 0 Å². The van der Waals surface area contributed by atoms with Gasteiger partial charge in [-0.05, 0) is 17.7 Å². The lowest BCUT2D eigenvalue weighted by Gasteiger charge is -2.37. The summed E-state index contributed by atoms with van der Waals surface area (Å²) in [7, 11) is 0. The van der Waals surface area contributed by atoms with Gasteiger partial charge in [0, 0.05) is 18.7 Å². The zero-order chi connectivity index (χ0) is 14.5. The molecule has 0 spiro atoms. The van der Waals surface area contributed by atoms with Crippen LogP contribution in [0.2, 0.25) is 0 Å². The van der Waals surface area contributed by atoms with Crippen LogP contribution in [0.15, 0.2) is 79.0 Å². The Bertz CT molecular complexity index is 631. The average Bonchev–Trinajstić information content (AvgIpc) is 2.56. The highest BCUT2D eigenvalue weighted by molar-refractivity contribution is 5.32. The molecule has 2 heteroatoms. The number of nitrogens with zero attached hydrogens (tertiary/aromatic N) is 1. The Morgan fingerprint density at radius 2 is 1.86 bits per heavy atom. The summed E-state index contributed by atoms with van der Waals surface area (Å²) in [5.41, 5.74) is 2.10. The molecule has 0 bridgehead atoms. The molecule has 1 aromatic heterocycles. The van der Waals surface area contributed by atoms with E-state index in [0.29, 0.717) is 5.92 Å². The number of aromatic nitrogens is 1. The molecule has 106 valence electrons. The van der Waals surface area contributed by atoms with Gasteiger partial charge in [0.25, 0.3) is 0 Å². The van der Waals surface area contributed by atoms with Crippen LogP contribution in [-0.2, 0) is 12.1 Å². The molecule has 1 N–H and O–H groups in total. The predicted molar refractivity (Wildman–Crippen MR) is 86.6 cm³/mol. The predicted octanol–water partition coefficient (Wildman–Crippen LogP) is 3.83. The lowest BCUT2D eigenvalue weighted by molar-refractivity contribution is 0.320. The van der Waals surface area contributed by atoms with Crippen molar-refractivity contribution < 1.29 is 0 Å². The first-order chi connectivity index (χ1) is 10.3. The number of benzene rings is 1. The van der Waals surface area contributed by atoms with Gasteiger partial charge < -0.3 is 0 Å². The molecule has 1 aromatic carbocycles. The van der Waals surface area contributed by atoms with Crippen molar-refractivity contribution in [2.24, 2.45) is 5.92 Å². The third-order valence-electron chi connectivity index (χ3n) is 4.10. The second kappa shape index (κ2) is 6.06. The van der Waals surface area contributed by atoms with Crippen LogP contribution in [0.25, 0.3) is 0 Å². The first kappa shape index (κ1) is 13.8. The van der Waals surface area contributed by atoms with Crippen molar-refractivity contribution in [2.75, 3.05) is 0 Å². The Balaban J connectivity index is 1.90. The molecule has 0 fully saturated rings. The number of hydrogen-bond acceptors (Lipinski definition) is 2. The smallest absolute Gasteiger partial charge is 0.0860 e. The van der Waals surface area contributed by atoms with Crippen molar-refractivity contribution in [2.45, 2.75) is 19.0 Å². The number of hydrogen-bond donors (Lipinski definition) is 1. The summed E-state index contributed by atoms with van der Waals surface area (Å²) in [6.07, 6.45) is 10.5. The number of rotatable bonds is 4. The number of nitrogens with one attached hydrogen (secondary N) is 1. The highest BCUT2D eigenvalue weighted by Gasteiger charge is 2.36. The number of allylic oxidation sites excluding steroid dienone is 2. The van der Waals surface area contributed by atoms with Gasteiger partial charge in [0.2, 0.25) is 0 Å². The van der Waals surface area contributed by atoms with Crippen LogP contribution in [0.5, 0.6) is 0 Å². The molecule has 1 aliphatic rings. The molecule has 0 amide bonds. The summed E-state index contributed by atoms with van der Waals surface area (Å²) < 4.78 is 0. The van der Waals surface area contributed by atoms with Gasteiger partial charge in [-0.3, -0.25) is 10.3 Å². The SMILES string of the molecule is CC1C=CC=CC1(NCc1ccccc1)c1ccccn1.